The molecule has 2 aromatic heterocycles. The normalized spacial score (nSPS) is 10.7. The van der Waals surface area contributed by atoms with Gasteiger partial charge in [0.05, 0.1) is 33.0 Å². The smallest absolute Gasteiger partial charge is 0.336 e. The maximum absolute atomic E-state index is 11.8. The van der Waals surface area contributed by atoms with E-state index in [-0.39, 0.29) is 0 Å². The van der Waals surface area contributed by atoms with Crippen molar-refractivity contribution in [3.63, 3.8) is 0 Å². The predicted octanol–water partition coefficient (Wildman–Crippen LogP) is 3.08. The number of fused-ring (bicyclic) bond motifs is 1. The molecule has 0 spiro atoms. The van der Waals surface area contributed by atoms with E-state index < -0.39 is 5.63 Å². The molecule has 6 heteroatoms. The lowest BCUT2D eigenvalue weighted by molar-refractivity contribution is 0.326. The van der Waals surface area contributed by atoms with Crippen molar-refractivity contribution in [1.82, 2.24) is 0 Å². The van der Waals surface area contributed by atoms with Crippen molar-refractivity contribution in [1.29, 1.82) is 0 Å². The predicted molar refractivity (Wildman–Crippen MR) is 79.8 cm³/mol. The molecule has 0 saturated carbocycles. The first-order chi connectivity index (χ1) is 10.7. The summed E-state index contributed by atoms with van der Waals surface area (Å²) in [6, 6.07) is 6.44. The van der Waals surface area contributed by atoms with E-state index >= 15 is 0 Å². The van der Waals surface area contributed by atoms with Crippen LogP contribution in [0.25, 0.3) is 22.3 Å². The highest BCUT2D eigenvalue weighted by Crippen LogP contribution is 2.46. The first-order valence-corrected chi connectivity index (χ1v) is 6.50. The third-order valence-electron chi connectivity index (χ3n) is 3.32. The minimum atomic E-state index is -0.492. The van der Waals surface area contributed by atoms with Gasteiger partial charge < -0.3 is 23.0 Å². The highest BCUT2D eigenvalue weighted by Gasteiger charge is 2.22. The Morgan fingerprint density at radius 1 is 1.00 bits per heavy atom. The topological polar surface area (TPSA) is 71.0 Å². The van der Waals surface area contributed by atoms with Crippen LogP contribution in [0.3, 0.4) is 0 Å². The molecule has 3 aromatic rings. The van der Waals surface area contributed by atoms with Crippen LogP contribution in [-0.2, 0) is 0 Å². The van der Waals surface area contributed by atoms with Crippen molar-refractivity contribution in [2.24, 2.45) is 0 Å². The number of rotatable bonds is 4. The van der Waals surface area contributed by atoms with Crippen LogP contribution in [-0.4, -0.2) is 21.3 Å². The van der Waals surface area contributed by atoms with Gasteiger partial charge in [-0.3, -0.25) is 0 Å². The maximum atomic E-state index is 11.8. The molecule has 0 aliphatic rings. The summed E-state index contributed by atoms with van der Waals surface area (Å²) >= 11 is 0. The fraction of sp³-hybridized carbons (Fsp3) is 0.188. The molecule has 0 radical (unpaired) electrons. The van der Waals surface area contributed by atoms with E-state index in [1.54, 1.807) is 18.2 Å². The molecule has 0 fully saturated rings. The lowest BCUT2D eigenvalue weighted by Crippen LogP contribution is -2.02. The zero-order chi connectivity index (χ0) is 15.7. The highest BCUT2D eigenvalue weighted by molar-refractivity contribution is 5.99. The zero-order valence-corrected chi connectivity index (χ0v) is 12.3. The van der Waals surface area contributed by atoms with Crippen LogP contribution in [0, 0.1) is 0 Å². The third-order valence-corrected chi connectivity index (χ3v) is 3.32. The van der Waals surface area contributed by atoms with Crippen LogP contribution in [0.1, 0.15) is 0 Å². The lowest BCUT2D eigenvalue weighted by Gasteiger charge is -2.15. The van der Waals surface area contributed by atoms with E-state index in [1.807, 2.05) is 0 Å². The Morgan fingerprint density at radius 3 is 2.36 bits per heavy atom. The Bertz CT molecular complexity index is 860. The Morgan fingerprint density at radius 2 is 1.77 bits per heavy atom. The van der Waals surface area contributed by atoms with Gasteiger partial charge in [-0.1, -0.05) is 0 Å². The van der Waals surface area contributed by atoms with Crippen LogP contribution in [0.2, 0.25) is 0 Å². The molecule has 2 heterocycles. The molecule has 3 rings (SSSR count). The van der Waals surface area contributed by atoms with E-state index in [1.165, 1.54) is 33.7 Å². The van der Waals surface area contributed by atoms with Gasteiger partial charge >= 0.3 is 5.63 Å². The molecule has 0 atom stereocenters. The fourth-order valence-corrected chi connectivity index (χ4v) is 2.42. The summed E-state index contributed by atoms with van der Waals surface area (Å²) in [5.74, 6) is 1.76. The first-order valence-electron chi connectivity index (χ1n) is 6.50. The Balaban J connectivity index is 2.49. The molecule has 6 nitrogen and oxygen atoms in total. The van der Waals surface area contributed by atoms with Gasteiger partial charge in [-0.05, 0) is 12.1 Å². The Labute approximate surface area is 125 Å². The third kappa shape index (κ3) is 2.09. The molecule has 1 aromatic carbocycles. The second-order valence-corrected chi connectivity index (χ2v) is 4.47. The lowest BCUT2D eigenvalue weighted by atomic mass is 10.1. The summed E-state index contributed by atoms with van der Waals surface area (Å²) < 4.78 is 26.8. The zero-order valence-electron chi connectivity index (χ0n) is 12.3. The SMILES string of the molecule is COc1cc2oc(=O)cc(-c3ccco3)c2c(OC)c1OC. The number of benzene rings is 1. The van der Waals surface area contributed by atoms with Gasteiger partial charge in [0, 0.05) is 17.7 Å². The van der Waals surface area contributed by atoms with Gasteiger partial charge in [-0.15, -0.1) is 0 Å². The van der Waals surface area contributed by atoms with Crippen molar-refractivity contribution < 1.29 is 23.0 Å². The minimum Gasteiger partial charge on any atom is -0.493 e. The van der Waals surface area contributed by atoms with Gasteiger partial charge in [-0.25, -0.2) is 4.79 Å². The van der Waals surface area contributed by atoms with Crippen LogP contribution in [0.15, 0.2) is 44.2 Å². The van der Waals surface area contributed by atoms with Gasteiger partial charge in [0.2, 0.25) is 5.75 Å². The van der Waals surface area contributed by atoms with Crippen LogP contribution >= 0.6 is 0 Å². The molecule has 0 aliphatic carbocycles. The van der Waals surface area contributed by atoms with Crippen molar-refractivity contribution in [3.8, 4) is 28.6 Å². The Kier molecular flexibility index (Phi) is 3.50. The molecule has 0 saturated heterocycles. The van der Waals surface area contributed by atoms with Crippen LogP contribution < -0.4 is 19.8 Å². The van der Waals surface area contributed by atoms with Gasteiger partial charge in [0.25, 0.3) is 0 Å². The summed E-state index contributed by atoms with van der Waals surface area (Å²) in [4.78, 5) is 11.8. The summed E-state index contributed by atoms with van der Waals surface area (Å²) in [6.45, 7) is 0. The molecule has 0 unspecified atom stereocenters. The molecular formula is C16H14O6. The van der Waals surface area contributed by atoms with Crippen LogP contribution in [0.4, 0.5) is 0 Å². The van der Waals surface area contributed by atoms with Gasteiger partial charge in [0.15, 0.2) is 11.5 Å². The van der Waals surface area contributed by atoms with Crippen LogP contribution in [0.5, 0.6) is 17.2 Å². The molecule has 0 N–H and O–H groups in total. The van der Waals surface area contributed by atoms with E-state index in [2.05, 4.69) is 0 Å². The summed E-state index contributed by atoms with van der Waals surface area (Å²) in [5.41, 5.74) is 0.399. The molecular weight excluding hydrogens is 288 g/mol. The molecule has 22 heavy (non-hydrogen) atoms. The standard InChI is InChI=1S/C16H14O6/c1-18-12-8-11-14(16(20-3)15(12)19-2)9(7-13(17)22-11)10-5-4-6-21-10/h4-8H,1-3H3. The number of methoxy groups -OCH3 is 3. The molecule has 0 aliphatic heterocycles. The van der Waals surface area contributed by atoms with Gasteiger partial charge in [0.1, 0.15) is 11.3 Å². The van der Waals surface area contributed by atoms with Gasteiger partial charge in [-0.2, -0.15) is 0 Å². The first kappa shape index (κ1) is 14.1. The Hall–Kier alpha value is -2.89. The average molecular weight is 302 g/mol. The minimum absolute atomic E-state index is 0.327. The average Bonchev–Trinajstić information content (AvgIpc) is 3.06. The maximum Gasteiger partial charge on any atom is 0.336 e. The summed E-state index contributed by atoms with van der Waals surface area (Å²) in [7, 11) is 4.52. The second kappa shape index (κ2) is 5.48. The van der Waals surface area contributed by atoms with Crippen molar-refractivity contribution in [3.05, 3.63) is 40.9 Å². The molecule has 114 valence electrons. The van der Waals surface area contributed by atoms with E-state index in [0.717, 1.165) is 0 Å². The fourth-order valence-electron chi connectivity index (χ4n) is 2.42. The largest absolute Gasteiger partial charge is 0.493 e. The number of furan rings is 1. The van der Waals surface area contributed by atoms with Crippen molar-refractivity contribution in [2.45, 2.75) is 0 Å². The number of ether oxygens (including phenoxy) is 3. The summed E-state index contributed by atoms with van der Waals surface area (Å²) in [5, 5.41) is 0.578. The highest BCUT2D eigenvalue weighted by atomic mass is 16.5. The number of hydrogen-bond acceptors (Lipinski definition) is 6. The molecule has 0 bridgehead atoms. The van der Waals surface area contributed by atoms with E-state index in [4.69, 9.17) is 23.0 Å². The van der Waals surface area contributed by atoms with E-state index in [9.17, 15) is 4.79 Å². The van der Waals surface area contributed by atoms with Crippen molar-refractivity contribution in [2.75, 3.05) is 21.3 Å². The monoisotopic (exact) mass is 302 g/mol. The van der Waals surface area contributed by atoms with E-state index in [0.29, 0.717) is 39.5 Å². The van der Waals surface area contributed by atoms with Crippen molar-refractivity contribution >= 4 is 11.0 Å². The number of hydrogen-bond donors (Lipinski definition) is 0. The quantitative estimate of drug-likeness (QED) is 0.690. The molecule has 0 amide bonds. The summed E-state index contributed by atoms with van der Waals surface area (Å²) in [6.07, 6.45) is 1.53. The second-order valence-electron chi connectivity index (χ2n) is 4.47.